The molecule has 1 saturated heterocycles. The summed E-state index contributed by atoms with van der Waals surface area (Å²) in [6.45, 7) is 6.64. The van der Waals surface area contributed by atoms with E-state index < -0.39 is 5.63 Å². The van der Waals surface area contributed by atoms with E-state index in [4.69, 9.17) is 14.1 Å². The molecule has 0 saturated carbocycles. The van der Waals surface area contributed by atoms with E-state index >= 15 is 0 Å². The average Bonchev–Trinajstić information content (AvgIpc) is 3.38. The molecule has 1 aliphatic rings. The highest BCUT2D eigenvalue weighted by atomic mass is 32.1. The molecule has 1 aliphatic heterocycles. The van der Waals surface area contributed by atoms with E-state index in [0.717, 1.165) is 72.1 Å². The molecule has 1 fully saturated rings. The number of hydrogen-bond donors (Lipinski definition) is 0. The highest BCUT2D eigenvalue weighted by molar-refractivity contribution is 7.22. The van der Waals surface area contributed by atoms with Gasteiger partial charge in [-0.15, -0.1) is 0 Å². The second kappa shape index (κ2) is 10.6. The van der Waals surface area contributed by atoms with Gasteiger partial charge in [-0.3, -0.25) is 14.6 Å². The Hall–Kier alpha value is -3.59. The predicted octanol–water partition coefficient (Wildman–Crippen LogP) is 5.49. The number of ether oxygens (including phenoxy) is 1. The highest BCUT2D eigenvalue weighted by Crippen LogP contribution is 2.31. The van der Waals surface area contributed by atoms with Crippen LogP contribution in [0, 0.1) is 0 Å². The Labute approximate surface area is 224 Å². The highest BCUT2D eigenvalue weighted by Gasteiger charge is 2.25. The van der Waals surface area contributed by atoms with Gasteiger partial charge >= 0.3 is 5.63 Å². The molecule has 8 heteroatoms. The van der Waals surface area contributed by atoms with E-state index in [9.17, 15) is 9.59 Å². The van der Waals surface area contributed by atoms with Crippen LogP contribution in [0.4, 0.5) is 5.13 Å². The smallest absolute Gasteiger partial charge is 0.349 e. The fourth-order valence-electron chi connectivity index (χ4n) is 5.02. The number of anilines is 1. The monoisotopic (exact) mass is 527 g/mol. The van der Waals surface area contributed by atoms with Crippen molar-refractivity contribution in [3.63, 3.8) is 0 Å². The average molecular weight is 528 g/mol. The van der Waals surface area contributed by atoms with Crippen molar-refractivity contribution in [1.82, 2.24) is 9.88 Å². The molecule has 38 heavy (non-hydrogen) atoms. The predicted molar refractivity (Wildman–Crippen MR) is 153 cm³/mol. The number of hydrogen-bond acceptors (Lipinski definition) is 7. The normalized spacial score (nSPS) is 14.4. The summed E-state index contributed by atoms with van der Waals surface area (Å²) in [6, 6.07) is 19.5. The third-order valence-corrected chi connectivity index (χ3v) is 8.20. The van der Waals surface area contributed by atoms with Crippen LogP contribution in [0.2, 0.25) is 0 Å². The number of morpholine rings is 1. The lowest BCUT2D eigenvalue weighted by molar-refractivity contribution is 0.0376. The van der Waals surface area contributed by atoms with Gasteiger partial charge in [0.05, 0.1) is 23.4 Å². The van der Waals surface area contributed by atoms with E-state index in [1.165, 1.54) is 16.9 Å². The van der Waals surface area contributed by atoms with E-state index in [1.54, 1.807) is 17.0 Å². The second-order valence-corrected chi connectivity index (χ2v) is 10.6. The minimum atomic E-state index is -0.634. The summed E-state index contributed by atoms with van der Waals surface area (Å²) in [7, 11) is 0. The van der Waals surface area contributed by atoms with Crippen LogP contribution < -0.4 is 10.5 Å². The van der Waals surface area contributed by atoms with Gasteiger partial charge in [0.15, 0.2) is 5.13 Å². The summed E-state index contributed by atoms with van der Waals surface area (Å²) >= 11 is 1.48. The minimum absolute atomic E-state index is 0.0220. The van der Waals surface area contributed by atoms with Gasteiger partial charge in [-0.2, -0.15) is 0 Å². The van der Waals surface area contributed by atoms with Crippen LogP contribution >= 0.6 is 11.3 Å². The van der Waals surface area contributed by atoms with E-state index in [-0.39, 0.29) is 11.5 Å². The van der Waals surface area contributed by atoms with Gasteiger partial charge in [-0.25, -0.2) is 9.78 Å². The Morgan fingerprint density at radius 3 is 2.74 bits per heavy atom. The second-order valence-electron chi connectivity index (χ2n) is 9.56. The van der Waals surface area contributed by atoms with Gasteiger partial charge in [0.1, 0.15) is 11.1 Å². The Morgan fingerprint density at radius 2 is 1.89 bits per heavy atom. The van der Waals surface area contributed by atoms with Crippen LogP contribution in [-0.2, 0) is 11.2 Å². The van der Waals surface area contributed by atoms with Crippen molar-refractivity contribution < 1.29 is 13.9 Å². The Kier molecular flexibility index (Phi) is 6.93. The van der Waals surface area contributed by atoms with Crippen molar-refractivity contribution in [2.75, 3.05) is 44.3 Å². The first-order valence-corrected chi connectivity index (χ1v) is 13.9. The molecule has 0 aliphatic carbocycles. The summed E-state index contributed by atoms with van der Waals surface area (Å²) in [5.41, 5.74) is 1.93. The van der Waals surface area contributed by atoms with Crippen molar-refractivity contribution in [1.29, 1.82) is 0 Å². The van der Waals surface area contributed by atoms with E-state index in [2.05, 4.69) is 24.0 Å². The molecule has 6 rings (SSSR count). The molecular formula is C30H29N3O4S. The lowest BCUT2D eigenvalue weighted by atomic mass is 10.0. The summed E-state index contributed by atoms with van der Waals surface area (Å²) in [4.78, 5) is 35.9. The van der Waals surface area contributed by atoms with Crippen molar-refractivity contribution >= 4 is 54.3 Å². The molecule has 0 bridgehead atoms. The zero-order valence-corrected chi connectivity index (χ0v) is 22.1. The number of thiazole rings is 1. The summed E-state index contributed by atoms with van der Waals surface area (Å²) in [5, 5.41) is 3.30. The maximum Gasteiger partial charge on any atom is 0.349 e. The number of nitrogens with zero attached hydrogens (tertiary/aromatic N) is 3. The van der Waals surface area contributed by atoms with Crippen LogP contribution in [0.15, 0.2) is 69.9 Å². The molecule has 2 aromatic heterocycles. The number of fused-ring (bicyclic) bond motifs is 4. The third kappa shape index (κ3) is 4.82. The van der Waals surface area contributed by atoms with Gasteiger partial charge in [-0.1, -0.05) is 54.7 Å². The number of rotatable bonds is 7. The first kappa shape index (κ1) is 24.7. The first-order valence-electron chi connectivity index (χ1n) is 13.1. The Balaban J connectivity index is 1.38. The molecule has 7 nitrogen and oxygen atoms in total. The molecule has 0 spiro atoms. The largest absolute Gasteiger partial charge is 0.422 e. The molecular weight excluding hydrogens is 498 g/mol. The lowest BCUT2D eigenvalue weighted by Gasteiger charge is -2.27. The number of carbonyl (C=O) groups excluding carboxylic acids is 1. The van der Waals surface area contributed by atoms with Crippen LogP contribution in [0.3, 0.4) is 0 Å². The summed E-state index contributed by atoms with van der Waals surface area (Å²) in [6.07, 6.45) is 1.68. The lowest BCUT2D eigenvalue weighted by Crippen LogP contribution is -2.40. The quantitative estimate of drug-likeness (QED) is 0.206. The van der Waals surface area contributed by atoms with Crippen LogP contribution in [0.5, 0.6) is 0 Å². The van der Waals surface area contributed by atoms with Crippen molar-refractivity contribution in [2.45, 2.75) is 19.8 Å². The first-order chi connectivity index (χ1) is 18.6. The number of aromatic nitrogens is 1. The molecule has 0 atom stereocenters. The molecule has 1 amide bonds. The van der Waals surface area contributed by atoms with E-state index in [1.807, 2.05) is 36.4 Å². The number of aryl methyl sites for hydroxylation is 1. The summed E-state index contributed by atoms with van der Waals surface area (Å²) in [5.74, 6) is -0.384. The van der Waals surface area contributed by atoms with Gasteiger partial charge in [-0.05, 0) is 53.4 Å². The Morgan fingerprint density at radius 1 is 1.05 bits per heavy atom. The van der Waals surface area contributed by atoms with Gasteiger partial charge < -0.3 is 9.15 Å². The van der Waals surface area contributed by atoms with Crippen molar-refractivity contribution in [3.8, 4) is 0 Å². The maximum atomic E-state index is 14.0. The molecule has 3 heterocycles. The van der Waals surface area contributed by atoms with Crippen molar-refractivity contribution in [2.24, 2.45) is 0 Å². The fourth-order valence-corrected chi connectivity index (χ4v) is 6.07. The van der Waals surface area contributed by atoms with Gasteiger partial charge in [0.2, 0.25) is 0 Å². The molecule has 0 unspecified atom stereocenters. The van der Waals surface area contributed by atoms with Gasteiger partial charge in [0.25, 0.3) is 5.91 Å². The molecule has 0 radical (unpaired) electrons. The standard InChI is InChI=1S/C30H29N3O4S/c1-2-20-8-10-25-27(18-20)38-30(31-25)33(13-5-12-32-14-16-36-17-15-32)28(34)24-19-23-22-7-4-3-6-21(22)9-11-26(23)37-29(24)35/h3-4,6-11,18-19H,2,5,12-17H2,1H3. The maximum absolute atomic E-state index is 14.0. The van der Waals surface area contributed by atoms with Crippen LogP contribution in [0.25, 0.3) is 32.0 Å². The molecule has 5 aromatic rings. The fraction of sp³-hybridized carbons (Fsp3) is 0.300. The number of benzene rings is 3. The van der Waals surface area contributed by atoms with Crippen LogP contribution in [0.1, 0.15) is 29.3 Å². The van der Waals surface area contributed by atoms with E-state index in [0.29, 0.717) is 17.3 Å². The summed E-state index contributed by atoms with van der Waals surface area (Å²) < 4.78 is 12.1. The Bertz CT molecular complexity index is 1690. The SMILES string of the molecule is CCc1ccc2nc(N(CCCN3CCOCC3)C(=O)c3cc4c(ccc5ccccc54)oc3=O)sc2c1. The zero-order valence-electron chi connectivity index (χ0n) is 21.3. The van der Waals surface area contributed by atoms with Gasteiger partial charge in [0, 0.05) is 31.6 Å². The topological polar surface area (TPSA) is 75.9 Å². The van der Waals surface area contributed by atoms with Crippen LogP contribution in [-0.4, -0.2) is 55.2 Å². The molecule has 3 aromatic carbocycles. The number of carbonyl (C=O) groups is 1. The molecule has 0 N–H and O–H groups in total. The number of amides is 1. The third-order valence-electron chi connectivity index (χ3n) is 7.16. The zero-order chi connectivity index (χ0) is 26.1. The minimum Gasteiger partial charge on any atom is -0.422 e. The van der Waals surface area contributed by atoms with Crippen molar-refractivity contribution in [3.05, 3.63) is 82.2 Å². The molecule has 194 valence electrons.